The molecule has 0 aromatic heterocycles. The summed E-state index contributed by atoms with van der Waals surface area (Å²) in [5.74, 6) is 0. The average Bonchev–Trinajstić information content (AvgIpc) is 2.35. The minimum atomic E-state index is -1.02. The van der Waals surface area contributed by atoms with E-state index < -0.39 is 5.60 Å². The molecule has 0 fully saturated rings. The minimum absolute atomic E-state index is 0.398. The van der Waals surface area contributed by atoms with E-state index in [0.29, 0.717) is 16.5 Å². The van der Waals surface area contributed by atoms with Crippen molar-refractivity contribution in [3.63, 3.8) is 0 Å². The lowest BCUT2D eigenvalue weighted by molar-refractivity contribution is 0.0569. The lowest BCUT2D eigenvalue weighted by Crippen LogP contribution is -2.25. The minimum Gasteiger partial charge on any atom is -0.385 e. The van der Waals surface area contributed by atoms with Crippen molar-refractivity contribution in [1.29, 1.82) is 0 Å². The monoisotopic (exact) mass is 358 g/mol. The van der Waals surface area contributed by atoms with Gasteiger partial charge in [0.05, 0.1) is 15.6 Å². The van der Waals surface area contributed by atoms with Crippen LogP contribution in [0.5, 0.6) is 0 Å². The number of halogens is 3. The van der Waals surface area contributed by atoms with Crippen LogP contribution in [0.3, 0.4) is 0 Å². The van der Waals surface area contributed by atoms with E-state index in [2.05, 4.69) is 15.9 Å². The van der Waals surface area contributed by atoms with E-state index in [-0.39, 0.29) is 0 Å². The lowest BCUT2D eigenvalue weighted by atomic mass is 9.89. The second-order valence-electron chi connectivity index (χ2n) is 4.64. The Bertz CT molecular complexity index is 596. The number of hydrogen-bond donors (Lipinski definition) is 1. The molecule has 1 atom stereocenters. The van der Waals surface area contributed by atoms with E-state index in [1.165, 1.54) is 0 Å². The normalized spacial score (nSPS) is 14.2. The molecule has 0 saturated heterocycles. The Hall–Kier alpha value is -0.540. The first-order chi connectivity index (χ1) is 8.92. The number of hydrogen-bond acceptors (Lipinski definition) is 1. The largest absolute Gasteiger partial charge is 0.385 e. The van der Waals surface area contributed by atoms with Gasteiger partial charge in [0, 0.05) is 10.9 Å². The summed E-state index contributed by atoms with van der Waals surface area (Å²) in [5.41, 5.74) is 0.634. The first kappa shape index (κ1) is 14.9. The molecular formula is C15H13BrCl2O. The number of rotatable bonds is 3. The molecule has 2 rings (SSSR count). The van der Waals surface area contributed by atoms with Crippen molar-refractivity contribution in [2.75, 3.05) is 0 Å². The number of aliphatic hydroxyl groups is 1. The summed E-state index contributed by atoms with van der Waals surface area (Å²) in [7, 11) is 0. The van der Waals surface area contributed by atoms with Gasteiger partial charge in [-0.2, -0.15) is 0 Å². The zero-order valence-electron chi connectivity index (χ0n) is 10.3. The van der Waals surface area contributed by atoms with E-state index in [1.807, 2.05) is 36.4 Å². The average molecular weight is 360 g/mol. The Labute approximate surface area is 131 Å². The van der Waals surface area contributed by atoms with Gasteiger partial charge in [0.2, 0.25) is 0 Å². The molecule has 19 heavy (non-hydrogen) atoms. The third kappa shape index (κ3) is 3.32. The molecule has 0 bridgehead atoms. The maximum atomic E-state index is 10.7. The predicted molar refractivity (Wildman–Crippen MR) is 83.9 cm³/mol. The lowest BCUT2D eigenvalue weighted by Gasteiger charge is -2.25. The third-order valence-electron chi connectivity index (χ3n) is 3.02. The zero-order valence-corrected chi connectivity index (χ0v) is 13.4. The summed E-state index contributed by atoms with van der Waals surface area (Å²) in [6, 6.07) is 13.1. The standard InChI is InChI=1S/C15H13BrCl2O/c1-15(19,11-6-2-3-7-12(11)16)9-10-5-4-8-13(17)14(10)18/h2-8,19H,9H2,1H3. The summed E-state index contributed by atoms with van der Waals surface area (Å²) in [6.07, 6.45) is 0.398. The first-order valence-corrected chi connectivity index (χ1v) is 7.37. The van der Waals surface area contributed by atoms with Crippen molar-refractivity contribution in [2.24, 2.45) is 0 Å². The molecular weight excluding hydrogens is 347 g/mol. The first-order valence-electron chi connectivity index (χ1n) is 5.82. The van der Waals surface area contributed by atoms with Gasteiger partial charge in [-0.05, 0) is 30.2 Å². The van der Waals surface area contributed by atoms with Gasteiger partial charge in [-0.15, -0.1) is 0 Å². The van der Waals surface area contributed by atoms with Crippen molar-refractivity contribution in [1.82, 2.24) is 0 Å². The highest BCUT2D eigenvalue weighted by atomic mass is 79.9. The van der Waals surface area contributed by atoms with E-state index in [0.717, 1.165) is 15.6 Å². The van der Waals surface area contributed by atoms with Crippen LogP contribution in [0, 0.1) is 0 Å². The van der Waals surface area contributed by atoms with Crippen molar-refractivity contribution < 1.29 is 5.11 Å². The van der Waals surface area contributed by atoms with Gasteiger partial charge in [0.25, 0.3) is 0 Å². The summed E-state index contributed by atoms with van der Waals surface area (Å²) < 4.78 is 0.873. The van der Waals surface area contributed by atoms with Gasteiger partial charge in [-0.1, -0.05) is 69.5 Å². The van der Waals surface area contributed by atoms with Crippen molar-refractivity contribution in [3.05, 3.63) is 68.1 Å². The molecule has 0 radical (unpaired) electrons. The molecule has 100 valence electrons. The Morgan fingerprint density at radius 2 is 1.79 bits per heavy atom. The maximum absolute atomic E-state index is 10.7. The Morgan fingerprint density at radius 3 is 2.47 bits per heavy atom. The molecule has 0 amide bonds. The summed E-state index contributed by atoms with van der Waals surface area (Å²) in [4.78, 5) is 0. The zero-order chi connectivity index (χ0) is 14.0. The fourth-order valence-electron chi connectivity index (χ4n) is 2.05. The topological polar surface area (TPSA) is 20.2 Å². The van der Waals surface area contributed by atoms with Gasteiger partial charge >= 0.3 is 0 Å². The molecule has 0 heterocycles. The smallest absolute Gasteiger partial charge is 0.0920 e. The molecule has 2 aromatic carbocycles. The highest BCUT2D eigenvalue weighted by Crippen LogP contribution is 2.34. The second-order valence-corrected chi connectivity index (χ2v) is 6.28. The van der Waals surface area contributed by atoms with Crippen LogP contribution in [0.4, 0.5) is 0 Å². The second kappa shape index (κ2) is 5.84. The van der Waals surface area contributed by atoms with Gasteiger partial charge < -0.3 is 5.11 Å². The molecule has 1 N–H and O–H groups in total. The van der Waals surface area contributed by atoms with Crippen LogP contribution in [0.1, 0.15) is 18.1 Å². The molecule has 0 spiro atoms. The molecule has 2 aromatic rings. The van der Waals surface area contributed by atoms with E-state index >= 15 is 0 Å². The van der Waals surface area contributed by atoms with E-state index in [1.54, 1.807) is 13.0 Å². The summed E-state index contributed by atoms with van der Waals surface area (Å²) >= 11 is 15.6. The molecule has 4 heteroatoms. The van der Waals surface area contributed by atoms with E-state index in [9.17, 15) is 5.11 Å². The van der Waals surface area contributed by atoms with Crippen LogP contribution in [0.25, 0.3) is 0 Å². The van der Waals surface area contributed by atoms with Gasteiger partial charge in [0.1, 0.15) is 0 Å². The Kier molecular flexibility index (Phi) is 4.57. The van der Waals surface area contributed by atoms with Crippen molar-refractivity contribution >= 4 is 39.1 Å². The van der Waals surface area contributed by atoms with Gasteiger partial charge in [0.15, 0.2) is 0 Å². The van der Waals surface area contributed by atoms with Gasteiger partial charge in [-0.25, -0.2) is 0 Å². The fraction of sp³-hybridized carbons (Fsp3) is 0.200. The summed E-state index contributed by atoms with van der Waals surface area (Å²) in [5, 5.41) is 11.7. The molecule has 0 aliphatic heterocycles. The third-order valence-corrected chi connectivity index (χ3v) is 4.57. The quantitative estimate of drug-likeness (QED) is 0.797. The molecule has 0 aliphatic rings. The van der Waals surface area contributed by atoms with Crippen LogP contribution < -0.4 is 0 Å². The highest BCUT2D eigenvalue weighted by Gasteiger charge is 2.26. The fourth-order valence-corrected chi connectivity index (χ4v) is 3.15. The van der Waals surface area contributed by atoms with Crippen LogP contribution in [-0.4, -0.2) is 5.11 Å². The SMILES string of the molecule is CC(O)(Cc1cccc(Cl)c1Cl)c1ccccc1Br. The maximum Gasteiger partial charge on any atom is 0.0920 e. The van der Waals surface area contributed by atoms with Gasteiger partial charge in [-0.3, -0.25) is 0 Å². The molecule has 0 aliphatic carbocycles. The van der Waals surface area contributed by atoms with Crippen LogP contribution in [0.15, 0.2) is 46.9 Å². The Balaban J connectivity index is 2.36. The molecule has 1 unspecified atom stereocenters. The molecule has 0 saturated carbocycles. The number of benzene rings is 2. The van der Waals surface area contributed by atoms with Crippen molar-refractivity contribution in [3.8, 4) is 0 Å². The van der Waals surface area contributed by atoms with E-state index in [4.69, 9.17) is 23.2 Å². The van der Waals surface area contributed by atoms with Crippen LogP contribution in [-0.2, 0) is 12.0 Å². The Morgan fingerprint density at radius 1 is 1.11 bits per heavy atom. The van der Waals surface area contributed by atoms with Crippen LogP contribution in [0.2, 0.25) is 10.0 Å². The highest BCUT2D eigenvalue weighted by molar-refractivity contribution is 9.10. The summed E-state index contributed by atoms with van der Waals surface area (Å²) in [6.45, 7) is 1.77. The van der Waals surface area contributed by atoms with Crippen molar-refractivity contribution in [2.45, 2.75) is 18.9 Å². The van der Waals surface area contributed by atoms with Crippen LogP contribution >= 0.6 is 39.1 Å². The predicted octanol–water partition coefficient (Wildman–Crippen LogP) is 5.21. The molecule has 1 nitrogen and oxygen atoms in total.